The second-order valence-corrected chi connectivity index (χ2v) is 6.78. The van der Waals surface area contributed by atoms with Crippen LogP contribution in [0.5, 0.6) is 0 Å². The number of rotatable bonds is 3. The van der Waals surface area contributed by atoms with Crippen molar-refractivity contribution >= 4 is 43.2 Å². The van der Waals surface area contributed by atoms with Gasteiger partial charge >= 0.3 is 0 Å². The molecule has 20 heavy (non-hydrogen) atoms. The molecule has 2 rings (SSSR count). The van der Waals surface area contributed by atoms with Gasteiger partial charge in [0, 0.05) is 5.02 Å². The van der Waals surface area contributed by atoms with Gasteiger partial charge in [0.15, 0.2) is 0 Å². The molecule has 0 spiro atoms. The predicted octanol–water partition coefficient (Wildman–Crippen LogP) is 4.18. The van der Waals surface area contributed by atoms with Crippen LogP contribution in [0.4, 0.5) is 14.5 Å². The maximum atomic E-state index is 13.5. The summed E-state index contributed by atoms with van der Waals surface area (Å²) in [5.41, 5.74) is -0.305. The average molecular weight is 383 g/mol. The summed E-state index contributed by atoms with van der Waals surface area (Å²) in [6, 6.07) is 6.71. The summed E-state index contributed by atoms with van der Waals surface area (Å²) < 4.78 is 53.1. The molecular weight excluding hydrogens is 376 g/mol. The third-order valence-electron chi connectivity index (χ3n) is 2.37. The highest BCUT2D eigenvalue weighted by Gasteiger charge is 2.18. The highest BCUT2D eigenvalue weighted by Crippen LogP contribution is 2.24. The molecule has 0 aromatic heterocycles. The van der Waals surface area contributed by atoms with Gasteiger partial charge in [-0.2, -0.15) is 0 Å². The maximum Gasteiger partial charge on any atom is 0.262 e. The van der Waals surface area contributed by atoms with Gasteiger partial charge in [-0.05, 0) is 52.3 Å². The van der Waals surface area contributed by atoms with Crippen molar-refractivity contribution in [1.82, 2.24) is 0 Å². The summed E-state index contributed by atoms with van der Waals surface area (Å²) >= 11 is 8.59. The Hall–Kier alpha value is -1.18. The molecule has 3 nitrogen and oxygen atoms in total. The predicted molar refractivity (Wildman–Crippen MR) is 76.3 cm³/mol. The molecule has 0 radical (unpaired) electrons. The van der Waals surface area contributed by atoms with E-state index < -0.39 is 21.7 Å². The SMILES string of the molecule is O=S(=O)(Nc1cc(Cl)ccc1F)c1ccc(Br)c(F)c1. The zero-order valence-electron chi connectivity index (χ0n) is 9.70. The Kier molecular flexibility index (Phi) is 4.31. The largest absolute Gasteiger partial charge is 0.277 e. The summed E-state index contributed by atoms with van der Waals surface area (Å²) in [6.07, 6.45) is 0. The fourth-order valence-electron chi connectivity index (χ4n) is 1.42. The minimum atomic E-state index is -4.10. The first-order valence-electron chi connectivity index (χ1n) is 5.22. The molecule has 0 amide bonds. The summed E-state index contributed by atoms with van der Waals surface area (Å²) in [7, 11) is -4.10. The van der Waals surface area contributed by atoms with E-state index in [0.717, 1.165) is 18.2 Å². The first-order chi connectivity index (χ1) is 9.29. The lowest BCUT2D eigenvalue weighted by molar-refractivity contribution is 0.592. The van der Waals surface area contributed by atoms with Crippen LogP contribution in [0.3, 0.4) is 0 Å². The van der Waals surface area contributed by atoms with Crippen LogP contribution in [0.1, 0.15) is 0 Å². The summed E-state index contributed by atoms with van der Waals surface area (Å²) in [5.74, 6) is -1.52. The third kappa shape index (κ3) is 3.28. The molecule has 0 unspecified atom stereocenters. The normalized spacial score (nSPS) is 11.4. The molecule has 0 fully saturated rings. The van der Waals surface area contributed by atoms with E-state index in [1.807, 2.05) is 4.72 Å². The van der Waals surface area contributed by atoms with Crippen molar-refractivity contribution in [2.24, 2.45) is 0 Å². The Labute approximate surface area is 127 Å². The second kappa shape index (κ2) is 5.67. The Bertz CT molecular complexity index is 768. The Balaban J connectivity index is 2.40. The molecule has 8 heteroatoms. The van der Waals surface area contributed by atoms with Crippen molar-refractivity contribution in [3.63, 3.8) is 0 Å². The summed E-state index contributed by atoms with van der Waals surface area (Å²) in [5, 5.41) is 0.172. The highest BCUT2D eigenvalue weighted by molar-refractivity contribution is 9.10. The molecule has 0 aliphatic heterocycles. The van der Waals surface area contributed by atoms with Crippen LogP contribution >= 0.6 is 27.5 Å². The van der Waals surface area contributed by atoms with Gasteiger partial charge in [0.05, 0.1) is 15.1 Å². The van der Waals surface area contributed by atoms with E-state index in [2.05, 4.69) is 15.9 Å². The second-order valence-electron chi connectivity index (χ2n) is 3.81. The number of halogens is 4. The molecule has 0 aliphatic carbocycles. The van der Waals surface area contributed by atoms with Gasteiger partial charge < -0.3 is 0 Å². The van der Waals surface area contributed by atoms with E-state index in [-0.39, 0.29) is 20.1 Å². The Morgan fingerprint density at radius 3 is 2.40 bits per heavy atom. The topological polar surface area (TPSA) is 46.2 Å². The lowest BCUT2D eigenvalue weighted by Gasteiger charge is -2.09. The van der Waals surface area contributed by atoms with Crippen LogP contribution in [-0.4, -0.2) is 8.42 Å². The molecule has 0 saturated carbocycles. The van der Waals surface area contributed by atoms with Crippen molar-refractivity contribution in [3.8, 4) is 0 Å². The van der Waals surface area contributed by atoms with Crippen LogP contribution in [0.25, 0.3) is 0 Å². The summed E-state index contributed by atoms with van der Waals surface area (Å²) in [4.78, 5) is -0.322. The van der Waals surface area contributed by atoms with Gasteiger partial charge in [-0.3, -0.25) is 4.72 Å². The summed E-state index contributed by atoms with van der Waals surface area (Å²) in [6.45, 7) is 0. The first-order valence-corrected chi connectivity index (χ1v) is 7.88. The van der Waals surface area contributed by atoms with Crippen LogP contribution in [-0.2, 0) is 10.0 Å². The number of hydrogen-bond acceptors (Lipinski definition) is 2. The molecule has 2 aromatic rings. The van der Waals surface area contributed by atoms with Gasteiger partial charge in [0.1, 0.15) is 11.6 Å². The molecule has 1 N–H and O–H groups in total. The lowest BCUT2D eigenvalue weighted by Crippen LogP contribution is -2.14. The average Bonchev–Trinajstić information content (AvgIpc) is 2.36. The monoisotopic (exact) mass is 381 g/mol. The van der Waals surface area contributed by atoms with Crippen LogP contribution in [0, 0.1) is 11.6 Å². The van der Waals surface area contributed by atoms with E-state index in [1.165, 1.54) is 18.2 Å². The van der Waals surface area contributed by atoms with Gasteiger partial charge in [-0.15, -0.1) is 0 Å². The molecule has 0 bridgehead atoms. The molecule has 2 aromatic carbocycles. The van der Waals surface area contributed by atoms with E-state index in [4.69, 9.17) is 11.6 Å². The fraction of sp³-hybridized carbons (Fsp3) is 0. The van der Waals surface area contributed by atoms with Gasteiger partial charge in [-0.1, -0.05) is 11.6 Å². The molecule has 0 saturated heterocycles. The van der Waals surface area contributed by atoms with Gasteiger partial charge in [-0.25, -0.2) is 17.2 Å². The quantitative estimate of drug-likeness (QED) is 0.865. The standard InChI is InChI=1S/C12H7BrClF2NO2S/c13-9-3-2-8(6-11(9)16)20(18,19)17-12-5-7(14)1-4-10(12)15/h1-6,17H. The minimum absolute atomic E-state index is 0.130. The lowest BCUT2D eigenvalue weighted by atomic mass is 10.3. The third-order valence-corrected chi connectivity index (χ3v) is 4.62. The van der Waals surface area contributed by atoms with Gasteiger partial charge in [0.2, 0.25) is 0 Å². The Morgan fingerprint density at radius 2 is 1.75 bits per heavy atom. The number of nitrogens with one attached hydrogen (secondary N) is 1. The number of hydrogen-bond donors (Lipinski definition) is 1. The maximum absolute atomic E-state index is 13.5. The van der Waals surface area contributed by atoms with Crippen LogP contribution in [0.2, 0.25) is 5.02 Å². The molecule has 0 atom stereocenters. The van der Waals surface area contributed by atoms with Crippen molar-refractivity contribution in [2.45, 2.75) is 4.90 Å². The fourth-order valence-corrected chi connectivity index (χ4v) is 2.91. The van der Waals surface area contributed by atoms with E-state index in [9.17, 15) is 17.2 Å². The Morgan fingerprint density at radius 1 is 1.05 bits per heavy atom. The van der Waals surface area contributed by atoms with E-state index >= 15 is 0 Å². The van der Waals surface area contributed by atoms with Crippen molar-refractivity contribution in [2.75, 3.05) is 4.72 Å². The van der Waals surface area contributed by atoms with Crippen molar-refractivity contribution in [3.05, 3.63) is 57.5 Å². The minimum Gasteiger partial charge on any atom is -0.277 e. The number of benzene rings is 2. The van der Waals surface area contributed by atoms with E-state index in [0.29, 0.717) is 0 Å². The molecule has 0 heterocycles. The van der Waals surface area contributed by atoms with Crippen molar-refractivity contribution < 1.29 is 17.2 Å². The molecular formula is C12H7BrClF2NO2S. The number of anilines is 1. The smallest absolute Gasteiger partial charge is 0.262 e. The molecule has 0 aliphatic rings. The zero-order valence-corrected chi connectivity index (χ0v) is 12.9. The van der Waals surface area contributed by atoms with E-state index in [1.54, 1.807) is 0 Å². The number of sulfonamides is 1. The zero-order chi connectivity index (χ0) is 14.9. The van der Waals surface area contributed by atoms with Crippen molar-refractivity contribution in [1.29, 1.82) is 0 Å². The van der Waals surface area contributed by atoms with Crippen LogP contribution < -0.4 is 4.72 Å². The van der Waals surface area contributed by atoms with Crippen LogP contribution in [0.15, 0.2) is 45.8 Å². The van der Waals surface area contributed by atoms with Gasteiger partial charge in [0.25, 0.3) is 10.0 Å². The first kappa shape index (κ1) is 15.2. The molecule has 106 valence electrons. The highest BCUT2D eigenvalue weighted by atomic mass is 79.9.